The van der Waals surface area contributed by atoms with E-state index >= 15 is 4.57 Å². The van der Waals surface area contributed by atoms with Crippen LogP contribution in [0.15, 0.2) is 224 Å². The van der Waals surface area contributed by atoms with E-state index < -0.39 is 12.6 Å². The van der Waals surface area contributed by atoms with E-state index in [9.17, 15) is 0 Å². The normalized spacial score (nSPS) is 17.4. The van der Waals surface area contributed by atoms with E-state index in [1.807, 2.05) is 30.3 Å². The molecule has 1 aromatic heterocycles. The van der Waals surface area contributed by atoms with Gasteiger partial charge in [-0.1, -0.05) is 170 Å². The molecular formula is C55H37N2OP. The van der Waals surface area contributed by atoms with Crippen molar-refractivity contribution in [2.75, 3.05) is 4.90 Å². The maximum Gasteiger partial charge on any atom is 0.171 e. The summed E-state index contributed by atoms with van der Waals surface area (Å²) in [6.07, 6.45) is 0. The molecule has 0 amide bonds. The fraction of sp³-hybridized carbons (Fsp3) is 0.0182. The van der Waals surface area contributed by atoms with Crippen LogP contribution >= 0.6 is 7.14 Å². The molecule has 0 saturated carbocycles. The molecule has 3 heterocycles. The molecule has 10 aromatic rings. The van der Waals surface area contributed by atoms with Crippen LogP contribution in [0.5, 0.6) is 0 Å². The molecule has 0 bridgehead atoms. The third-order valence-corrected chi connectivity index (χ3v) is 15.8. The van der Waals surface area contributed by atoms with E-state index in [2.05, 4.69) is 204 Å². The van der Waals surface area contributed by atoms with E-state index in [0.29, 0.717) is 0 Å². The van der Waals surface area contributed by atoms with E-state index in [4.69, 9.17) is 0 Å². The summed E-state index contributed by atoms with van der Waals surface area (Å²) >= 11 is 0. The van der Waals surface area contributed by atoms with Gasteiger partial charge in [-0.05, 0) is 88.0 Å². The molecule has 2 unspecified atom stereocenters. The Morgan fingerprint density at radius 1 is 0.407 bits per heavy atom. The molecule has 1 spiro atoms. The smallest absolute Gasteiger partial charge is 0.171 e. The van der Waals surface area contributed by atoms with Crippen molar-refractivity contribution < 1.29 is 4.57 Å². The van der Waals surface area contributed by atoms with Crippen LogP contribution in [0.4, 0.5) is 17.1 Å². The summed E-state index contributed by atoms with van der Waals surface area (Å²) in [4.78, 5) is 2.34. The molecule has 0 N–H and O–H groups in total. The molecule has 2 aliphatic heterocycles. The minimum Gasteiger partial charge on any atom is -0.310 e. The first-order valence-electron chi connectivity index (χ1n) is 20.2. The van der Waals surface area contributed by atoms with Gasteiger partial charge in [0.25, 0.3) is 0 Å². The SMILES string of the molecule is O=P1(c2ccccc2)c2ccccc2C2(c3ccccc3-n3c4ccccc4c4cccc2c43)c2cc(N(c3ccccc3)c3ccc(-c4ccccc4)cc3)ccc21. The monoisotopic (exact) mass is 772 g/mol. The van der Waals surface area contributed by atoms with Crippen molar-refractivity contribution in [1.82, 2.24) is 4.57 Å². The molecule has 0 aliphatic carbocycles. The van der Waals surface area contributed by atoms with Crippen molar-refractivity contribution in [2.45, 2.75) is 5.41 Å². The highest BCUT2D eigenvalue weighted by atomic mass is 31.2. The minimum atomic E-state index is -3.40. The molecule has 0 saturated heterocycles. The third-order valence-electron chi connectivity index (χ3n) is 12.6. The summed E-state index contributed by atoms with van der Waals surface area (Å²) < 4.78 is 19.1. The van der Waals surface area contributed by atoms with Crippen LogP contribution in [0.25, 0.3) is 38.6 Å². The van der Waals surface area contributed by atoms with Crippen LogP contribution in [0.3, 0.4) is 0 Å². The fourth-order valence-electron chi connectivity index (χ4n) is 10.2. The Balaban J connectivity index is 1.21. The highest BCUT2D eigenvalue weighted by molar-refractivity contribution is 7.85. The highest BCUT2D eigenvalue weighted by Crippen LogP contribution is 2.61. The van der Waals surface area contributed by atoms with Crippen LogP contribution < -0.4 is 20.8 Å². The third kappa shape index (κ3) is 4.68. The second kappa shape index (κ2) is 12.9. The van der Waals surface area contributed by atoms with Gasteiger partial charge in [0.2, 0.25) is 0 Å². The number of para-hydroxylation sites is 4. The van der Waals surface area contributed by atoms with Gasteiger partial charge in [-0.25, -0.2) is 0 Å². The Kier molecular flexibility index (Phi) is 7.42. The van der Waals surface area contributed by atoms with Crippen LogP contribution in [0, 0.1) is 0 Å². The summed E-state index contributed by atoms with van der Waals surface area (Å²) in [6.45, 7) is 0. The standard InChI is InChI=1S/C55H37N2OP/c58-59(43-21-8-3-9-22-43)52-30-15-12-26-47(52)55(46-25-11-14-29-51(46)57-50-28-13-10-23-44(50)45-24-16-27-48(55)54(45)57)49-37-42(35-36-53(49)59)56(40-19-6-2-7-20-40)41-33-31-39(32-34-41)38-17-4-1-5-18-38/h1-37H. The molecule has 0 fully saturated rings. The van der Waals surface area contributed by atoms with Gasteiger partial charge in [-0.2, -0.15) is 0 Å². The molecule has 12 rings (SSSR count). The van der Waals surface area contributed by atoms with Crippen molar-refractivity contribution >= 4 is 61.9 Å². The van der Waals surface area contributed by atoms with Gasteiger partial charge in [0, 0.05) is 43.7 Å². The average Bonchev–Trinajstić information content (AvgIpc) is 3.66. The van der Waals surface area contributed by atoms with Gasteiger partial charge in [-0.3, -0.25) is 0 Å². The van der Waals surface area contributed by atoms with Gasteiger partial charge in [-0.15, -0.1) is 0 Å². The molecule has 59 heavy (non-hydrogen) atoms. The molecule has 2 aliphatic rings. The second-order valence-corrected chi connectivity index (χ2v) is 18.3. The Morgan fingerprint density at radius 2 is 0.966 bits per heavy atom. The summed E-state index contributed by atoms with van der Waals surface area (Å²) in [6, 6.07) is 79.8. The largest absolute Gasteiger partial charge is 0.310 e. The summed E-state index contributed by atoms with van der Waals surface area (Å²) in [7, 11) is -3.40. The number of nitrogens with zero attached hydrogens (tertiary/aromatic N) is 2. The van der Waals surface area contributed by atoms with Crippen molar-refractivity contribution in [3.8, 4) is 16.8 Å². The fourth-order valence-corrected chi connectivity index (χ4v) is 13.4. The molecule has 278 valence electrons. The van der Waals surface area contributed by atoms with E-state index in [1.54, 1.807) is 0 Å². The lowest BCUT2D eigenvalue weighted by molar-refractivity contribution is 0.590. The Bertz CT molecular complexity index is 3300. The van der Waals surface area contributed by atoms with Crippen LogP contribution in [0.1, 0.15) is 22.3 Å². The molecule has 0 radical (unpaired) electrons. The van der Waals surface area contributed by atoms with Crippen molar-refractivity contribution in [1.29, 1.82) is 0 Å². The lowest BCUT2D eigenvalue weighted by Crippen LogP contribution is -2.48. The van der Waals surface area contributed by atoms with Gasteiger partial charge in [0.05, 0.1) is 22.1 Å². The quantitative estimate of drug-likeness (QED) is 0.163. The van der Waals surface area contributed by atoms with E-state index in [1.165, 1.54) is 38.5 Å². The lowest BCUT2D eigenvalue weighted by atomic mass is 9.62. The lowest BCUT2D eigenvalue weighted by Gasteiger charge is -2.48. The first kappa shape index (κ1) is 33.9. The number of anilines is 3. The zero-order chi connectivity index (χ0) is 39.1. The number of hydrogen-bond donors (Lipinski definition) is 0. The van der Waals surface area contributed by atoms with Gasteiger partial charge in [0.1, 0.15) is 0 Å². The number of hydrogen-bond acceptors (Lipinski definition) is 2. The predicted octanol–water partition coefficient (Wildman–Crippen LogP) is 12.6. The van der Waals surface area contributed by atoms with Gasteiger partial charge < -0.3 is 14.0 Å². The maximum absolute atomic E-state index is 16.6. The zero-order valence-electron chi connectivity index (χ0n) is 32.1. The summed E-state index contributed by atoms with van der Waals surface area (Å²) in [5.74, 6) is 0. The highest BCUT2D eigenvalue weighted by Gasteiger charge is 2.54. The Hall–Kier alpha value is -7.19. The van der Waals surface area contributed by atoms with Crippen molar-refractivity contribution in [3.63, 3.8) is 0 Å². The van der Waals surface area contributed by atoms with Crippen LogP contribution in [-0.2, 0) is 9.98 Å². The first-order chi connectivity index (χ1) is 29.2. The van der Waals surface area contributed by atoms with Crippen molar-refractivity contribution in [3.05, 3.63) is 247 Å². The van der Waals surface area contributed by atoms with Crippen molar-refractivity contribution in [2.24, 2.45) is 0 Å². The number of aromatic nitrogens is 1. The van der Waals surface area contributed by atoms with Crippen LogP contribution in [-0.4, -0.2) is 4.57 Å². The minimum absolute atomic E-state index is 0.801. The topological polar surface area (TPSA) is 25.2 Å². The second-order valence-electron chi connectivity index (χ2n) is 15.6. The van der Waals surface area contributed by atoms with Gasteiger partial charge >= 0.3 is 0 Å². The number of benzene rings is 9. The summed E-state index contributed by atoms with van der Waals surface area (Å²) in [5.41, 5.74) is 12.6. The van der Waals surface area contributed by atoms with E-state index in [0.717, 1.165) is 55.4 Å². The first-order valence-corrected chi connectivity index (χ1v) is 21.9. The average molecular weight is 773 g/mol. The molecule has 9 aromatic carbocycles. The summed E-state index contributed by atoms with van der Waals surface area (Å²) in [5, 5.41) is 5.03. The molecule has 3 nitrogen and oxygen atoms in total. The molecule has 4 heteroatoms. The molecule has 2 atom stereocenters. The predicted molar refractivity (Wildman–Crippen MR) is 246 cm³/mol. The maximum atomic E-state index is 16.6. The zero-order valence-corrected chi connectivity index (χ0v) is 33.0. The van der Waals surface area contributed by atoms with Crippen LogP contribution in [0.2, 0.25) is 0 Å². The Labute approximate surface area is 343 Å². The Morgan fingerprint density at radius 3 is 1.76 bits per heavy atom. The van der Waals surface area contributed by atoms with Gasteiger partial charge in [0.15, 0.2) is 7.14 Å². The number of rotatable bonds is 5. The number of fused-ring (bicyclic) bond motifs is 11. The van der Waals surface area contributed by atoms with E-state index in [-0.39, 0.29) is 0 Å². The molecular weight excluding hydrogens is 736 g/mol.